The Bertz CT molecular complexity index is 359. The minimum absolute atomic E-state index is 0.162. The van der Waals surface area contributed by atoms with Crippen molar-refractivity contribution in [1.29, 1.82) is 0 Å². The topological polar surface area (TPSA) is 26.3 Å². The van der Waals surface area contributed by atoms with Crippen molar-refractivity contribution < 1.29 is 9.53 Å². The second-order valence-electron chi connectivity index (χ2n) is 3.29. The van der Waals surface area contributed by atoms with E-state index < -0.39 is 0 Å². The highest BCUT2D eigenvalue weighted by molar-refractivity contribution is 9.10. The highest BCUT2D eigenvalue weighted by atomic mass is 79.9. The number of Topliss-reactive ketones (excluding diaryl/α,β-unsaturated/α-hetero) is 1. The van der Waals surface area contributed by atoms with Gasteiger partial charge in [-0.2, -0.15) is 0 Å². The van der Waals surface area contributed by atoms with Gasteiger partial charge in [0, 0.05) is 10.9 Å². The number of methoxy groups -OCH3 is 1. The Balaban J connectivity index is 3.08. The first-order chi connectivity index (χ1) is 6.54. The van der Waals surface area contributed by atoms with Gasteiger partial charge < -0.3 is 4.74 Å². The maximum atomic E-state index is 11.0. The average Bonchev–Trinajstić information content (AvgIpc) is 2.10. The first kappa shape index (κ1) is 11.2. The summed E-state index contributed by atoms with van der Waals surface area (Å²) in [5.41, 5.74) is 2.06. The molecule has 0 aliphatic heterocycles. The van der Waals surface area contributed by atoms with Gasteiger partial charge in [-0.15, -0.1) is 0 Å². The smallest absolute Gasteiger partial charge is 0.134 e. The van der Waals surface area contributed by atoms with Crippen LogP contribution in [-0.4, -0.2) is 12.9 Å². The summed E-state index contributed by atoms with van der Waals surface area (Å²) in [6.07, 6.45) is 0.464. The molecule has 0 N–H and O–H groups in total. The Morgan fingerprint density at radius 2 is 2.14 bits per heavy atom. The van der Waals surface area contributed by atoms with E-state index in [9.17, 15) is 4.79 Å². The van der Waals surface area contributed by atoms with E-state index in [-0.39, 0.29) is 5.78 Å². The number of rotatable bonds is 3. The molecule has 1 aromatic rings. The predicted molar refractivity (Wildman–Crippen MR) is 59.8 cm³/mol. The summed E-state index contributed by atoms with van der Waals surface area (Å²) >= 11 is 3.42. The van der Waals surface area contributed by atoms with E-state index in [1.54, 1.807) is 14.0 Å². The first-order valence-corrected chi connectivity index (χ1v) is 5.16. The molecule has 0 saturated heterocycles. The van der Waals surface area contributed by atoms with Crippen LogP contribution in [0.25, 0.3) is 0 Å². The standard InChI is InChI=1S/C11H13BrO2/c1-7-4-9(5-8(2)13)10(12)6-11(7)14-3/h4,6H,5H2,1-3H3. The summed E-state index contributed by atoms with van der Waals surface area (Å²) in [7, 11) is 1.64. The molecule has 2 nitrogen and oxygen atoms in total. The van der Waals surface area contributed by atoms with Crippen LogP contribution in [0.2, 0.25) is 0 Å². The zero-order chi connectivity index (χ0) is 10.7. The second-order valence-corrected chi connectivity index (χ2v) is 4.15. The lowest BCUT2D eigenvalue weighted by Gasteiger charge is -2.08. The minimum atomic E-state index is 0.162. The van der Waals surface area contributed by atoms with Gasteiger partial charge in [0.05, 0.1) is 7.11 Å². The van der Waals surface area contributed by atoms with Crippen LogP contribution in [0, 0.1) is 6.92 Å². The van der Waals surface area contributed by atoms with Crippen LogP contribution in [-0.2, 0) is 11.2 Å². The Morgan fingerprint density at radius 1 is 1.50 bits per heavy atom. The summed E-state index contributed by atoms with van der Waals surface area (Å²) in [4.78, 5) is 11.0. The number of carbonyl (C=O) groups excluding carboxylic acids is 1. The second kappa shape index (κ2) is 4.60. The van der Waals surface area contributed by atoms with Crippen molar-refractivity contribution in [1.82, 2.24) is 0 Å². The van der Waals surface area contributed by atoms with Crippen molar-refractivity contribution in [2.24, 2.45) is 0 Å². The normalized spacial score (nSPS) is 10.0. The van der Waals surface area contributed by atoms with Crippen LogP contribution in [0.4, 0.5) is 0 Å². The number of ketones is 1. The number of carbonyl (C=O) groups is 1. The third-order valence-corrected chi connectivity index (χ3v) is 2.74. The Labute approximate surface area is 92.4 Å². The number of ether oxygens (including phenoxy) is 1. The van der Waals surface area contributed by atoms with Gasteiger partial charge in [-0.05, 0) is 31.0 Å². The lowest BCUT2D eigenvalue weighted by Crippen LogP contribution is -1.99. The van der Waals surface area contributed by atoms with Crippen molar-refractivity contribution in [3.63, 3.8) is 0 Å². The van der Waals surface area contributed by atoms with Gasteiger partial charge in [0.2, 0.25) is 0 Å². The summed E-state index contributed by atoms with van der Waals surface area (Å²) < 4.78 is 6.10. The number of hydrogen-bond acceptors (Lipinski definition) is 2. The third-order valence-electron chi connectivity index (χ3n) is 2.00. The van der Waals surface area contributed by atoms with Crippen molar-refractivity contribution in [3.8, 4) is 5.75 Å². The van der Waals surface area contributed by atoms with Gasteiger partial charge in [-0.3, -0.25) is 4.79 Å². The minimum Gasteiger partial charge on any atom is -0.496 e. The molecule has 0 spiro atoms. The van der Waals surface area contributed by atoms with E-state index in [1.807, 2.05) is 19.1 Å². The number of hydrogen-bond donors (Lipinski definition) is 0. The molecule has 0 unspecified atom stereocenters. The van der Waals surface area contributed by atoms with Crippen LogP contribution >= 0.6 is 15.9 Å². The molecule has 0 radical (unpaired) electrons. The molecule has 0 aliphatic rings. The molecule has 0 saturated carbocycles. The molecule has 0 fully saturated rings. The van der Waals surface area contributed by atoms with Crippen LogP contribution in [0.3, 0.4) is 0 Å². The monoisotopic (exact) mass is 256 g/mol. The van der Waals surface area contributed by atoms with Crippen molar-refractivity contribution in [2.75, 3.05) is 7.11 Å². The highest BCUT2D eigenvalue weighted by Gasteiger charge is 2.07. The van der Waals surface area contributed by atoms with Crippen molar-refractivity contribution in [3.05, 3.63) is 27.7 Å². The quantitative estimate of drug-likeness (QED) is 0.832. The molecule has 0 bridgehead atoms. The van der Waals surface area contributed by atoms with Crippen molar-refractivity contribution in [2.45, 2.75) is 20.3 Å². The van der Waals surface area contributed by atoms with Gasteiger partial charge in [-0.1, -0.05) is 22.0 Å². The Morgan fingerprint density at radius 3 is 2.64 bits per heavy atom. The lowest BCUT2D eigenvalue weighted by atomic mass is 10.1. The lowest BCUT2D eigenvalue weighted by molar-refractivity contribution is -0.116. The molecule has 76 valence electrons. The summed E-state index contributed by atoms with van der Waals surface area (Å²) in [6, 6.07) is 3.87. The van der Waals surface area contributed by atoms with Gasteiger partial charge >= 0.3 is 0 Å². The number of benzene rings is 1. The molecule has 0 amide bonds. The fourth-order valence-electron chi connectivity index (χ4n) is 1.35. The molecule has 0 aromatic heterocycles. The fourth-order valence-corrected chi connectivity index (χ4v) is 1.81. The van der Waals surface area contributed by atoms with Crippen molar-refractivity contribution >= 4 is 21.7 Å². The first-order valence-electron chi connectivity index (χ1n) is 4.37. The summed E-state index contributed by atoms with van der Waals surface area (Å²) in [5.74, 6) is 0.999. The van der Waals surface area contributed by atoms with Gasteiger partial charge in [-0.25, -0.2) is 0 Å². The highest BCUT2D eigenvalue weighted by Crippen LogP contribution is 2.27. The van der Waals surface area contributed by atoms with E-state index in [2.05, 4.69) is 15.9 Å². The fraction of sp³-hybridized carbons (Fsp3) is 0.364. The number of halogens is 1. The molecule has 3 heteroatoms. The maximum absolute atomic E-state index is 11.0. The molecule has 1 rings (SSSR count). The molecule has 0 atom stereocenters. The third kappa shape index (κ3) is 2.58. The predicted octanol–water partition coefficient (Wildman–Crippen LogP) is 2.90. The largest absolute Gasteiger partial charge is 0.496 e. The van der Waals surface area contributed by atoms with E-state index in [1.165, 1.54) is 0 Å². The molecule has 14 heavy (non-hydrogen) atoms. The Kier molecular flexibility index (Phi) is 3.69. The summed E-state index contributed by atoms with van der Waals surface area (Å²) in [5, 5.41) is 0. The molecular weight excluding hydrogens is 244 g/mol. The molecule has 1 aromatic carbocycles. The van der Waals surface area contributed by atoms with E-state index in [0.29, 0.717) is 6.42 Å². The van der Waals surface area contributed by atoms with E-state index in [4.69, 9.17) is 4.74 Å². The molecule has 0 aliphatic carbocycles. The average molecular weight is 257 g/mol. The zero-order valence-corrected chi connectivity index (χ0v) is 10.1. The summed E-state index contributed by atoms with van der Waals surface area (Å²) in [6.45, 7) is 3.56. The number of aryl methyl sites for hydroxylation is 1. The van der Waals surface area contributed by atoms with Crippen LogP contribution in [0.15, 0.2) is 16.6 Å². The van der Waals surface area contributed by atoms with Crippen LogP contribution in [0.5, 0.6) is 5.75 Å². The zero-order valence-electron chi connectivity index (χ0n) is 8.56. The maximum Gasteiger partial charge on any atom is 0.134 e. The van der Waals surface area contributed by atoms with Gasteiger partial charge in [0.1, 0.15) is 11.5 Å². The van der Waals surface area contributed by atoms with E-state index >= 15 is 0 Å². The van der Waals surface area contributed by atoms with E-state index in [0.717, 1.165) is 21.3 Å². The molecule has 0 heterocycles. The SMILES string of the molecule is COc1cc(Br)c(CC(C)=O)cc1C. The van der Waals surface area contributed by atoms with Crippen LogP contribution in [0.1, 0.15) is 18.1 Å². The van der Waals surface area contributed by atoms with Gasteiger partial charge in [0.15, 0.2) is 0 Å². The van der Waals surface area contributed by atoms with Gasteiger partial charge in [0.25, 0.3) is 0 Å². The molecular formula is C11H13BrO2. The van der Waals surface area contributed by atoms with Crippen LogP contribution < -0.4 is 4.74 Å². The Hall–Kier alpha value is -0.830.